The third-order valence-corrected chi connectivity index (χ3v) is 7.66. The van der Waals surface area contributed by atoms with Crippen LogP contribution in [0.4, 0.5) is 22.0 Å². The lowest BCUT2D eigenvalue weighted by atomic mass is 9.65. The predicted octanol–water partition coefficient (Wildman–Crippen LogP) is 7.26. The molecule has 0 bridgehead atoms. The van der Waals surface area contributed by atoms with Gasteiger partial charge in [-0.25, -0.2) is 26.7 Å². The summed E-state index contributed by atoms with van der Waals surface area (Å²) in [5.41, 5.74) is -6.85. The van der Waals surface area contributed by atoms with Gasteiger partial charge in [0.05, 0.1) is 6.10 Å². The number of carbonyl (C=O) groups is 1. The third-order valence-electron chi connectivity index (χ3n) is 7.36. The molecule has 9 heteroatoms. The second kappa shape index (κ2) is 12.3. The summed E-state index contributed by atoms with van der Waals surface area (Å²) in [6.07, 6.45) is -4.15. The Hall–Kier alpha value is -1.35. The normalized spacial score (nSPS) is 35.6. The number of benzene rings is 1. The van der Waals surface area contributed by atoms with E-state index in [9.17, 15) is 9.18 Å². The van der Waals surface area contributed by atoms with Crippen LogP contribution in [0.25, 0.3) is 0 Å². The van der Waals surface area contributed by atoms with Gasteiger partial charge in [0, 0.05) is 17.9 Å². The molecule has 5 atom stereocenters. The van der Waals surface area contributed by atoms with Gasteiger partial charge in [0.25, 0.3) is 0 Å². The van der Waals surface area contributed by atoms with Crippen LogP contribution in [-0.2, 0) is 9.53 Å². The lowest BCUT2D eigenvalue weighted by molar-refractivity contribution is -0.196. The predicted molar refractivity (Wildman–Crippen MR) is 127 cm³/mol. The molecule has 3 nitrogen and oxygen atoms in total. The molecule has 2 saturated carbocycles. The van der Waals surface area contributed by atoms with Crippen LogP contribution in [0, 0.1) is 5.92 Å². The van der Waals surface area contributed by atoms with E-state index in [0.29, 0.717) is 24.3 Å². The lowest BCUT2D eigenvalue weighted by Gasteiger charge is -2.48. The molecule has 1 aromatic rings. The Balaban J connectivity index is 1.57. The first-order chi connectivity index (χ1) is 16.6. The molecule has 2 fully saturated rings. The van der Waals surface area contributed by atoms with Crippen molar-refractivity contribution in [2.24, 2.45) is 5.92 Å². The maximum Gasteiger partial charge on any atom is 0.352 e. The van der Waals surface area contributed by atoms with Gasteiger partial charge in [-0.2, -0.15) is 0 Å². The third kappa shape index (κ3) is 6.32. The standard InChI is InChI=1S/C26H35F5O3S/c1-2-3-4-5-6-15-33-18-9-7-17(8-10-18)26(31)21(27)16-25(30,22(28)23(26)29)24(32)34-19-11-13-20(35)14-12-19/h11-14,17-18,21-23,35H,2-10,15-16H2,1H3. The molecule has 0 aromatic heterocycles. The van der Waals surface area contributed by atoms with Gasteiger partial charge in [-0.1, -0.05) is 32.6 Å². The van der Waals surface area contributed by atoms with E-state index in [2.05, 4.69) is 19.6 Å². The number of alkyl halides is 5. The summed E-state index contributed by atoms with van der Waals surface area (Å²) in [5, 5.41) is 0. The van der Waals surface area contributed by atoms with E-state index in [1.165, 1.54) is 30.7 Å². The van der Waals surface area contributed by atoms with Crippen molar-refractivity contribution in [1.82, 2.24) is 0 Å². The van der Waals surface area contributed by atoms with Gasteiger partial charge >= 0.3 is 5.97 Å². The molecule has 35 heavy (non-hydrogen) atoms. The number of hydrogen-bond acceptors (Lipinski definition) is 4. The zero-order chi connectivity index (χ0) is 25.6. The number of unbranched alkanes of at least 4 members (excludes halogenated alkanes) is 4. The summed E-state index contributed by atoms with van der Waals surface area (Å²) in [6.45, 7) is 2.71. The van der Waals surface area contributed by atoms with Crippen LogP contribution in [0.1, 0.15) is 71.1 Å². The lowest BCUT2D eigenvalue weighted by Crippen LogP contribution is -2.67. The van der Waals surface area contributed by atoms with Crippen LogP contribution in [-0.4, -0.2) is 48.5 Å². The molecule has 5 unspecified atom stereocenters. The number of halogens is 5. The summed E-state index contributed by atoms with van der Waals surface area (Å²) >= 11 is 4.06. The largest absolute Gasteiger partial charge is 0.424 e. The van der Waals surface area contributed by atoms with Gasteiger partial charge in [0.2, 0.25) is 5.67 Å². The van der Waals surface area contributed by atoms with Gasteiger partial charge in [0.15, 0.2) is 18.0 Å². The molecule has 0 saturated heterocycles. The first-order valence-electron chi connectivity index (χ1n) is 12.6. The second-order valence-corrected chi connectivity index (χ2v) is 10.3. The number of ether oxygens (including phenoxy) is 2. The van der Waals surface area contributed by atoms with Crippen molar-refractivity contribution in [3.05, 3.63) is 24.3 Å². The molecule has 0 amide bonds. The fourth-order valence-corrected chi connectivity index (χ4v) is 5.32. The Morgan fingerprint density at radius 2 is 1.60 bits per heavy atom. The first kappa shape index (κ1) is 28.2. The number of rotatable bonds is 10. The number of carbonyl (C=O) groups excluding carboxylic acids is 1. The molecule has 0 heterocycles. The monoisotopic (exact) mass is 522 g/mol. The Morgan fingerprint density at radius 1 is 0.971 bits per heavy atom. The zero-order valence-corrected chi connectivity index (χ0v) is 20.9. The van der Waals surface area contributed by atoms with Crippen LogP contribution in [0.15, 0.2) is 29.2 Å². The molecule has 0 radical (unpaired) electrons. The van der Waals surface area contributed by atoms with E-state index in [-0.39, 0.29) is 24.7 Å². The Bertz CT molecular complexity index is 820. The number of hydrogen-bond donors (Lipinski definition) is 1. The van der Waals surface area contributed by atoms with E-state index >= 15 is 17.6 Å². The summed E-state index contributed by atoms with van der Waals surface area (Å²) in [6, 6.07) is 5.45. The molecule has 2 aliphatic carbocycles. The smallest absolute Gasteiger partial charge is 0.352 e. The maximum atomic E-state index is 15.8. The van der Waals surface area contributed by atoms with E-state index in [0.717, 1.165) is 25.7 Å². The Kier molecular flexibility index (Phi) is 9.89. The first-order valence-corrected chi connectivity index (χ1v) is 13.0. The number of thiol groups is 1. The van der Waals surface area contributed by atoms with Crippen LogP contribution >= 0.6 is 12.6 Å². The van der Waals surface area contributed by atoms with Gasteiger partial charge in [-0.15, -0.1) is 12.6 Å². The van der Waals surface area contributed by atoms with Crippen molar-refractivity contribution in [2.75, 3.05) is 6.61 Å². The molecular weight excluding hydrogens is 487 g/mol. The van der Waals surface area contributed by atoms with Crippen molar-refractivity contribution in [3.63, 3.8) is 0 Å². The van der Waals surface area contributed by atoms with Crippen molar-refractivity contribution < 1.29 is 36.2 Å². The highest BCUT2D eigenvalue weighted by molar-refractivity contribution is 7.80. The van der Waals surface area contributed by atoms with E-state index in [1.807, 2.05) is 0 Å². The average molecular weight is 523 g/mol. The molecule has 198 valence electrons. The molecule has 0 spiro atoms. The second-order valence-electron chi connectivity index (χ2n) is 9.81. The van der Waals surface area contributed by atoms with Crippen LogP contribution in [0.3, 0.4) is 0 Å². The molecule has 2 aliphatic rings. The number of esters is 1. The highest BCUT2D eigenvalue weighted by atomic mass is 32.1. The minimum absolute atomic E-state index is 0.102. The summed E-state index contributed by atoms with van der Waals surface area (Å²) in [7, 11) is 0. The highest BCUT2D eigenvalue weighted by Gasteiger charge is 2.70. The minimum Gasteiger partial charge on any atom is -0.424 e. The maximum absolute atomic E-state index is 15.8. The topological polar surface area (TPSA) is 35.5 Å². The van der Waals surface area contributed by atoms with Crippen molar-refractivity contribution in [2.45, 2.75) is 112 Å². The zero-order valence-electron chi connectivity index (χ0n) is 20.0. The molecule has 1 aromatic carbocycles. The van der Waals surface area contributed by atoms with E-state index < -0.39 is 48.2 Å². The minimum atomic E-state index is -3.63. The fourth-order valence-electron chi connectivity index (χ4n) is 5.17. The quantitative estimate of drug-likeness (QED) is 0.115. The van der Waals surface area contributed by atoms with Crippen molar-refractivity contribution in [1.29, 1.82) is 0 Å². The van der Waals surface area contributed by atoms with Gasteiger partial charge in [0.1, 0.15) is 11.9 Å². The van der Waals surface area contributed by atoms with Crippen LogP contribution in [0.5, 0.6) is 5.75 Å². The summed E-state index contributed by atoms with van der Waals surface area (Å²) in [5.74, 6) is -3.04. The van der Waals surface area contributed by atoms with Gasteiger partial charge in [-0.3, -0.25) is 0 Å². The molecule has 3 rings (SSSR count). The van der Waals surface area contributed by atoms with Crippen molar-refractivity contribution in [3.8, 4) is 5.75 Å². The summed E-state index contributed by atoms with van der Waals surface area (Å²) in [4.78, 5) is 12.9. The molecular formula is C26H35F5O3S. The van der Waals surface area contributed by atoms with Crippen LogP contribution in [0.2, 0.25) is 0 Å². The fraction of sp³-hybridized carbons (Fsp3) is 0.731. The molecule has 0 N–H and O–H groups in total. The Labute approximate surface area is 209 Å². The molecule has 0 aliphatic heterocycles. The SMILES string of the molecule is CCCCCCCOC1CCC(C2(F)C(F)CC(F)(C(=O)Oc3ccc(S)cc3)C(F)C2F)CC1. The Morgan fingerprint density at radius 3 is 2.23 bits per heavy atom. The van der Waals surface area contributed by atoms with E-state index in [4.69, 9.17) is 9.47 Å². The van der Waals surface area contributed by atoms with Crippen LogP contribution < -0.4 is 4.74 Å². The average Bonchev–Trinajstić information content (AvgIpc) is 2.85. The van der Waals surface area contributed by atoms with Gasteiger partial charge in [-0.05, 0) is 62.3 Å². The van der Waals surface area contributed by atoms with Gasteiger partial charge < -0.3 is 9.47 Å². The highest BCUT2D eigenvalue weighted by Crippen LogP contribution is 2.52. The van der Waals surface area contributed by atoms with E-state index in [1.54, 1.807) is 0 Å². The van der Waals surface area contributed by atoms with Crippen molar-refractivity contribution >= 4 is 18.6 Å². The summed E-state index contributed by atoms with van der Waals surface area (Å²) < 4.78 is 86.8.